The summed E-state index contributed by atoms with van der Waals surface area (Å²) in [4.78, 5) is 22.3. The van der Waals surface area contributed by atoms with E-state index in [9.17, 15) is 9.59 Å². The van der Waals surface area contributed by atoms with Gasteiger partial charge in [-0.25, -0.2) is 0 Å². The molecule has 1 N–H and O–H groups in total. The number of rotatable bonds is 4. The minimum Gasteiger partial charge on any atom is -0.465 e. The number of nitrogens with zero attached hydrogens (tertiary/aromatic N) is 2. The number of hydrogen-bond acceptors (Lipinski definition) is 4. The minimum atomic E-state index is -0.449. The molecule has 1 heterocycles. The van der Waals surface area contributed by atoms with Crippen LogP contribution in [0.1, 0.15) is 17.3 Å². The molecule has 0 saturated heterocycles. The van der Waals surface area contributed by atoms with Crippen LogP contribution < -0.4 is 5.32 Å². The van der Waals surface area contributed by atoms with E-state index in [1.807, 2.05) is 0 Å². The summed E-state index contributed by atoms with van der Waals surface area (Å²) in [6, 6.07) is 0. The van der Waals surface area contributed by atoms with E-state index in [1.165, 1.54) is 10.9 Å². The largest absolute Gasteiger partial charge is 0.465 e. The third kappa shape index (κ3) is 3.41. The van der Waals surface area contributed by atoms with E-state index in [0.29, 0.717) is 12.2 Å². The Balaban J connectivity index is 2.40. The summed E-state index contributed by atoms with van der Waals surface area (Å²) in [6.45, 7) is 1.89. The fourth-order valence-corrected chi connectivity index (χ4v) is 1.01. The summed E-state index contributed by atoms with van der Waals surface area (Å²) >= 11 is 0. The average molecular weight is 211 g/mol. The van der Waals surface area contributed by atoms with Crippen molar-refractivity contribution in [1.82, 2.24) is 15.1 Å². The van der Waals surface area contributed by atoms with Gasteiger partial charge in [-0.1, -0.05) is 0 Å². The Bertz CT molecular complexity index is 359. The lowest BCUT2D eigenvalue weighted by molar-refractivity contribution is -0.141. The average Bonchev–Trinajstić information content (AvgIpc) is 2.62. The van der Waals surface area contributed by atoms with Crippen LogP contribution in [0.15, 0.2) is 12.4 Å². The first-order valence-corrected chi connectivity index (χ1v) is 4.56. The Labute approximate surface area is 87.2 Å². The molecular formula is C9H13N3O3. The van der Waals surface area contributed by atoms with Gasteiger partial charge in [-0.05, 0) is 6.92 Å². The van der Waals surface area contributed by atoms with Crippen molar-refractivity contribution in [3.05, 3.63) is 18.0 Å². The number of carbonyl (C=O) groups excluding carboxylic acids is 2. The Morgan fingerprint density at radius 2 is 2.33 bits per heavy atom. The lowest BCUT2D eigenvalue weighted by atomic mass is 10.3. The molecule has 0 aliphatic rings. The van der Waals surface area contributed by atoms with Gasteiger partial charge in [0.25, 0.3) is 5.91 Å². The van der Waals surface area contributed by atoms with Crippen molar-refractivity contribution in [2.24, 2.45) is 7.05 Å². The predicted octanol–water partition coefficient (Wildman–Crippen LogP) is -0.287. The van der Waals surface area contributed by atoms with Gasteiger partial charge in [0.2, 0.25) is 0 Å². The van der Waals surface area contributed by atoms with Crippen LogP contribution in [-0.2, 0) is 16.6 Å². The van der Waals surface area contributed by atoms with Crippen molar-refractivity contribution in [2.75, 3.05) is 13.2 Å². The van der Waals surface area contributed by atoms with Crippen LogP contribution in [-0.4, -0.2) is 34.8 Å². The molecule has 6 nitrogen and oxygen atoms in total. The molecule has 0 aliphatic carbocycles. The number of nitrogens with one attached hydrogen (secondary N) is 1. The smallest absolute Gasteiger partial charge is 0.325 e. The van der Waals surface area contributed by atoms with E-state index in [2.05, 4.69) is 15.2 Å². The van der Waals surface area contributed by atoms with Crippen LogP contribution in [0.25, 0.3) is 0 Å². The van der Waals surface area contributed by atoms with Crippen LogP contribution in [0, 0.1) is 0 Å². The molecule has 0 fully saturated rings. The van der Waals surface area contributed by atoms with Crippen molar-refractivity contribution in [3.63, 3.8) is 0 Å². The number of hydrogen-bond donors (Lipinski definition) is 1. The summed E-state index contributed by atoms with van der Waals surface area (Å²) in [5, 5.41) is 6.27. The second kappa shape index (κ2) is 5.14. The molecule has 0 unspecified atom stereocenters. The Morgan fingerprint density at radius 3 is 2.87 bits per heavy atom. The van der Waals surface area contributed by atoms with Gasteiger partial charge >= 0.3 is 5.97 Å². The molecule has 0 spiro atoms. The summed E-state index contributed by atoms with van der Waals surface area (Å²) in [5.41, 5.74) is 0.418. The standard InChI is InChI=1S/C9H13N3O3/c1-3-15-8(13)5-10-9(14)7-4-11-12(2)6-7/h4,6H,3,5H2,1-2H3,(H,10,14). The molecule has 0 aromatic carbocycles. The molecule has 1 amide bonds. The lowest BCUT2D eigenvalue weighted by Gasteiger charge is -2.02. The van der Waals surface area contributed by atoms with Crippen molar-refractivity contribution >= 4 is 11.9 Å². The molecule has 0 bridgehead atoms. The van der Waals surface area contributed by atoms with Crippen LogP contribution in [0.3, 0.4) is 0 Å². The van der Waals surface area contributed by atoms with Gasteiger partial charge in [0.05, 0.1) is 18.4 Å². The van der Waals surface area contributed by atoms with Crippen molar-refractivity contribution in [2.45, 2.75) is 6.92 Å². The highest BCUT2D eigenvalue weighted by molar-refractivity contribution is 5.95. The monoisotopic (exact) mass is 211 g/mol. The van der Waals surface area contributed by atoms with Crippen LogP contribution in [0.4, 0.5) is 0 Å². The first kappa shape index (κ1) is 11.2. The molecule has 6 heteroatoms. The topological polar surface area (TPSA) is 73.2 Å². The molecule has 82 valence electrons. The minimum absolute atomic E-state index is 0.123. The van der Waals surface area contributed by atoms with E-state index in [1.54, 1.807) is 20.2 Å². The van der Waals surface area contributed by atoms with Gasteiger partial charge in [0.1, 0.15) is 6.54 Å². The molecule has 0 aliphatic heterocycles. The maximum Gasteiger partial charge on any atom is 0.325 e. The molecule has 0 saturated carbocycles. The zero-order chi connectivity index (χ0) is 11.3. The van der Waals surface area contributed by atoms with Gasteiger partial charge < -0.3 is 10.1 Å². The zero-order valence-electron chi connectivity index (χ0n) is 8.69. The summed E-state index contributed by atoms with van der Waals surface area (Å²) in [5.74, 6) is -0.786. The molecule has 0 atom stereocenters. The quantitative estimate of drug-likeness (QED) is 0.695. The highest BCUT2D eigenvalue weighted by atomic mass is 16.5. The summed E-state index contributed by atoms with van der Waals surface area (Å²) in [7, 11) is 1.71. The van der Waals surface area contributed by atoms with Crippen LogP contribution in [0.2, 0.25) is 0 Å². The number of amides is 1. The van der Waals surface area contributed by atoms with Gasteiger partial charge in [-0.3, -0.25) is 14.3 Å². The van der Waals surface area contributed by atoms with E-state index < -0.39 is 5.97 Å². The molecule has 1 aromatic heterocycles. The van der Waals surface area contributed by atoms with Gasteiger partial charge in [0.15, 0.2) is 0 Å². The van der Waals surface area contributed by atoms with E-state index in [4.69, 9.17) is 0 Å². The number of carbonyl (C=O) groups is 2. The van der Waals surface area contributed by atoms with Crippen molar-refractivity contribution in [3.8, 4) is 0 Å². The Morgan fingerprint density at radius 1 is 1.60 bits per heavy atom. The maximum absolute atomic E-state index is 11.4. The number of aromatic nitrogens is 2. The third-order valence-electron chi connectivity index (χ3n) is 1.67. The summed E-state index contributed by atoms with van der Waals surface area (Å²) in [6.07, 6.45) is 3.00. The second-order valence-electron chi connectivity index (χ2n) is 2.89. The second-order valence-corrected chi connectivity index (χ2v) is 2.89. The number of esters is 1. The zero-order valence-corrected chi connectivity index (χ0v) is 8.69. The van der Waals surface area contributed by atoms with E-state index in [-0.39, 0.29) is 12.5 Å². The van der Waals surface area contributed by atoms with Gasteiger partial charge in [0, 0.05) is 13.2 Å². The Kier molecular flexibility index (Phi) is 3.84. The van der Waals surface area contributed by atoms with E-state index in [0.717, 1.165) is 0 Å². The van der Waals surface area contributed by atoms with Crippen LogP contribution >= 0.6 is 0 Å². The molecule has 0 radical (unpaired) electrons. The predicted molar refractivity (Wildman–Crippen MR) is 52.2 cm³/mol. The molecule has 1 rings (SSSR count). The SMILES string of the molecule is CCOC(=O)CNC(=O)c1cnn(C)c1. The number of aryl methyl sites for hydroxylation is 1. The Hall–Kier alpha value is -1.85. The van der Waals surface area contributed by atoms with Crippen molar-refractivity contribution in [1.29, 1.82) is 0 Å². The van der Waals surface area contributed by atoms with E-state index >= 15 is 0 Å². The lowest BCUT2D eigenvalue weighted by Crippen LogP contribution is -2.30. The number of ether oxygens (including phenoxy) is 1. The molecule has 1 aromatic rings. The normalized spacial score (nSPS) is 9.73. The maximum atomic E-state index is 11.4. The fourth-order valence-electron chi connectivity index (χ4n) is 1.01. The molecular weight excluding hydrogens is 198 g/mol. The highest BCUT2D eigenvalue weighted by Crippen LogP contribution is 1.95. The molecule has 15 heavy (non-hydrogen) atoms. The van der Waals surface area contributed by atoms with Crippen molar-refractivity contribution < 1.29 is 14.3 Å². The van der Waals surface area contributed by atoms with Crippen LogP contribution in [0.5, 0.6) is 0 Å². The first-order chi connectivity index (χ1) is 7.13. The van der Waals surface area contributed by atoms with Gasteiger partial charge in [-0.2, -0.15) is 5.10 Å². The highest BCUT2D eigenvalue weighted by Gasteiger charge is 2.09. The first-order valence-electron chi connectivity index (χ1n) is 4.56. The van der Waals surface area contributed by atoms with Gasteiger partial charge in [-0.15, -0.1) is 0 Å². The summed E-state index contributed by atoms with van der Waals surface area (Å²) < 4.78 is 6.17. The fraction of sp³-hybridized carbons (Fsp3) is 0.444. The third-order valence-corrected chi connectivity index (χ3v) is 1.67.